The molecule has 3 aromatic rings. The molecule has 1 aliphatic rings. The van der Waals surface area contributed by atoms with Gasteiger partial charge in [-0.15, -0.1) is 0 Å². The van der Waals surface area contributed by atoms with Crippen molar-refractivity contribution >= 4 is 45.2 Å². The summed E-state index contributed by atoms with van der Waals surface area (Å²) >= 11 is 0. The van der Waals surface area contributed by atoms with Gasteiger partial charge in [0.25, 0.3) is 0 Å². The normalized spacial score (nSPS) is 14.3. The standard InChI is InChI=1S/C22H18N2O3/c1-12-20(16-5-3-4-6-17(16)23-12)22-19(27)11-18(26)21(22)14-7-9-15(10-8-14)24-13(2)25/h3-10,23H,11H2,1-2H3,(H,24,25). The Kier molecular flexibility index (Phi) is 4.00. The van der Waals surface area contributed by atoms with Crippen LogP contribution in [0.4, 0.5) is 5.69 Å². The number of benzene rings is 2. The molecule has 0 atom stereocenters. The molecule has 1 aromatic heterocycles. The van der Waals surface area contributed by atoms with E-state index in [-0.39, 0.29) is 23.9 Å². The molecule has 0 radical (unpaired) electrons. The highest BCUT2D eigenvalue weighted by molar-refractivity contribution is 6.51. The fraction of sp³-hybridized carbons (Fsp3) is 0.136. The quantitative estimate of drug-likeness (QED) is 0.697. The van der Waals surface area contributed by atoms with Crippen molar-refractivity contribution < 1.29 is 14.4 Å². The number of ketones is 2. The summed E-state index contributed by atoms with van der Waals surface area (Å²) < 4.78 is 0. The van der Waals surface area contributed by atoms with Crippen molar-refractivity contribution in [3.05, 3.63) is 65.4 Å². The summed E-state index contributed by atoms with van der Waals surface area (Å²) in [5, 5.41) is 3.63. The summed E-state index contributed by atoms with van der Waals surface area (Å²) in [7, 11) is 0. The van der Waals surface area contributed by atoms with Crippen LogP contribution in [0.2, 0.25) is 0 Å². The molecule has 0 saturated heterocycles. The van der Waals surface area contributed by atoms with E-state index >= 15 is 0 Å². The highest BCUT2D eigenvalue weighted by atomic mass is 16.2. The highest BCUT2D eigenvalue weighted by Gasteiger charge is 2.34. The molecule has 2 N–H and O–H groups in total. The van der Waals surface area contributed by atoms with Crippen LogP contribution in [0.25, 0.3) is 22.0 Å². The number of para-hydroxylation sites is 1. The number of aromatic amines is 1. The van der Waals surface area contributed by atoms with E-state index in [0.717, 1.165) is 22.2 Å². The number of anilines is 1. The minimum absolute atomic E-state index is 0.114. The lowest BCUT2D eigenvalue weighted by molar-refractivity contribution is -0.120. The zero-order valence-electron chi connectivity index (χ0n) is 15.1. The smallest absolute Gasteiger partial charge is 0.221 e. The Labute approximate surface area is 156 Å². The van der Waals surface area contributed by atoms with Crippen LogP contribution in [-0.4, -0.2) is 22.5 Å². The van der Waals surface area contributed by atoms with E-state index < -0.39 is 0 Å². The summed E-state index contributed by atoms with van der Waals surface area (Å²) in [5.41, 5.74) is 4.84. The van der Waals surface area contributed by atoms with Crippen LogP contribution in [0.1, 0.15) is 30.2 Å². The Balaban J connectivity index is 1.91. The summed E-state index contributed by atoms with van der Waals surface area (Å²) in [6.07, 6.45) is -0.114. The van der Waals surface area contributed by atoms with Crippen molar-refractivity contribution in [3.63, 3.8) is 0 Å². The minimum atomic E-state index is -0.174. The second-order valence-electron chi connectivity index (χ2n) is 6.70. The predicted molar refractivity (Wildman–Crippen MR) is 105 cm³/mol. The third kappa shape index (κ3) is 2.87. The van der Waals surface area contributed by atoms with Crippen molar-refractivity contribution in [1.29, 1.82) is 0 Å². The van der Waals surface area contributed by atoms with Crippen LogP contribution in [0, 0.1) is 6.92 Å². The number of aromatic nitrogens is 1. The van der Waals surface area contributed by atoms with E-state index in [1.807, 2.05) is 31.2 Å². The van der Waals surface area contributed by atoms with Crippen LogP contribution in [0.3, 0.4) is 0 Å². The summed E-state index contributed by atoms with van der Waals surface area (Å²) in [6, 6.07) is 14.8. The van der Waals surface area contributed by atoms with Gasteiger partial charge in [0.05, 0.1) is 6.42 Å². The number of aryl methyl sites for hydroxylation is 1. The molecule has 0 bridgehead atoms. The molecule has 1 amide bonds. The number of hydrogen-bond donors (Lipinski definition) is 2. The van der Waals surface area contributed by atoms with Crippen molar-refractivity contribution in [1.82, 2.24) is 4.98 Å². The number of amides is 1. The van der Waals surface area contributed by atoms with Crippen LogP contribution < -0.4 is 5.32 Å². The first-order valence-corrected chi connectivity index (χ1v) is 8.72. The highest BCUT2D eigenvalue weighted by Crippen LogP contribution is 2.40. The number of carbonyl (C=O) groups excluding carboxylic acids is 3. The number of Topliss-reactive ketones (excluding diaryl/α,β-unsaturated/α-hetero) is 2. The third-order valence-corrected chi connectivity index (χ3v) is 4.77. The van der Waals surface area contributed by atoms with Gasteiger partial charge in [-0.05, 0) is 30.7 Å². The molecule has 0 fully saturated rings. The molecular weight excluding hydrogens is 340 g/mol. The van der Waals surface area contributed by atoms with Gasteiger partial charge in [0.15, 0.2) is 11.6 Å². The maximum Gasteiger partial charge on any atom is 0.221 e. The van der Waals surface area contributed by atoms with Gasteiger partial charge in [-0.1, -0.05) is 30.3 Å². The third-order valence-electron chi connectivity index (χ3n) is 4.77. The van der Waals surface area contributed by atoms with Crippen LogP contribution in [-0.2, 0) is 14.4 Å². The number of allylic oxidation sites excluding steroid dienone is 2. The summed E-state index contributed by atoms with van der Waals surface area (Å²) in [6.45, 7) is 3.35. The number of carbonyl (C=O) groups is 3. The Morgan fingerprint density at radius 3 is 2.33 bits per heavy atom. The van der Waals surface area contributed by atoms with E-state index in [2.05, 4.69) is 10.3 Å². The van der Waals surface area contributed by atoms with Crippen molar-refractivity contribution in [2.75, 3.05) is 5.32 Å². The van der Waals surface area contributed by atoms with Gasteiger partial charge in [0.2, 0.25) is 5.91 Å². The molecule has 5 heteroatoms. The minimum Gasteiger partial charge on any atom is -0.358 e. The first kappa shape index (κ1) is 17.0. The van der Waals surface area contributed by atoms with Gasteiger partial charge in [-0.2, -0.15) is 0 Å². The fourth-order valence-corrected chi connectivity index (χ4v) is 3.69. The van der Waals surface area contributed by atoms with E-state index in [1.54, 1.807) is 24.3 Å². The molecule has 2 aromatic carbocycles. The van der Waals surface area contributed by atoms with Gasteiger partial charge in [0, 0.05) is 45.9 Å². The predicted octanol–water partition coefficient (Wildman–Crippen LogP) is 3.89. The topological polar surface area (TPSA) is 79.0 Å². The maximum atomic E-state index is 12.7. The fourth-order valence-electron chi connectivity index (χ4n) is 3.69. The molecule has 1 aliphatic carbocycles. The Morgan fingerprint density at radius 1 is 0.963 bits per heavy atom. The van der Waals surface area contributed by atoms with E-state index in [9.17, 15) is 14.4 Å². The second kappa shape index (κ2) is 6.36. The number of hydrogen-bond acceptors (Lipinski definition) is 3. The van der Waals surface area contributed by atoms with Gasteiger partial charge in [-0.25, -0.2) is 0 Å². The zero-order chi connectivity index (χ0) is 19.1. The second-order valence-corrected chi connectivity index (χ2v) is 6.70. The summed E-state index contributed by atoms with van der Waals surface area (Å²) in [4.78, 5) is 39.9. The number of fused-ring (bicyclic) bond motifs is 1. The molecule has 1 heterocycles. The molecule has 134 valence electrons. The monoisotopic (exact) mass is 358 g/mol. The van der Waals surface area contributed by atoms with Crippen molar-refractivity contribution in [2.24, 2.45) is 0 Å². The number of rotatable bonds is 3. The van der Waals surface area contributed by atoms with Crippen LogP contribution in [0.5, 0.6) is 0 Å². The van der Waals surface area contributed by atoms with Crippen molar-refractivity contribution in [2.45, 2.75) is 20.3 Å². The van der Waals surface area contributed by atoms with Gasteiger partial charge in [-0.3, -0.25) is 14.4 Å². The number of nitrogens with one attached hydrogen (secondary N) is 2. The van der Waals surface area contributed by atoms with Gasteiger partial charge in [0.1, 0.15) is 0 Å². The first-order valence-electron chi connectivity index (χ1n) is 8.72. The average Bonchev–Trinajstić information content (AvgIpc) is 3.09. The Hall–Kier alpha value is -3.47. The molecule has 0 saturated carbocycles. The Bertz CT molecular complexity index is 1130. The van der Waals surface area contributed by atoms with E-state index in [4.69, 9.17) is 0 Å². The molecule has 27 heavy (non-hydrogen) atoms. The lowest BCUT2D eigenvalue weighted by Gasteiger charge is -2.08. The molecule has 4 rings (SSSR count). The Morgan fingerprint density at radius 2 is 1.63 bits per heavy atom. The molecule has 0 aliphatic heterocycles. The van der Waals surface area contributed by atoms with Crippen molar-refractivity contribution in [3.8, 4) is 0 Å². The number of H-pyrrole nitrogens is 1. The lowest BCUT2D eigenvalue weighted by Crippen LogP contribution is -2.05. The molecular formula is C22H18N2O3. The average molecular weight is 358 g/mol. The first-order chi connectivity index (χ1) is 13.0. The van der Waals surface area contributed by atoms with E-state index in [0.29, 0.717) is 22.4 Å². The molecule has 5 nitrogen and oxygen atoms in total. The SMILES string of the molecule is CC(=O)Nc1ccc(C2=C(c3c(C)[nH]c4ccccc34)C(=O)CC2=O)cc1. The zero-order valence-corrected chi connectivity index (χ0v) is 15.1. The van der Waals surface area contributed by atoms with Crippen LogP contribution in [0.15, 0.2) is 48.5 Å². The van der Waals surface area contributed by atoms with Gasteiger partial charge < -0.3 is 10.3 Å². The maximum absolute atomic E-state index is 12.7. The van der Waals surface area contributed by atoms with Crippen LogP contribution >= 0.6 is 0 Å². The lowest BCUT2D eigenvalue weighted by atomic mass is 9.94. The van der Waals surface area contributed by atoms with Gasteiger partial charge >= 0.3 is 0 Å². The summed E-state index contributed by atoms with van der Waals surface area (Å²) in [5.74, 6) is -0.495. The molecule has 0 unspecified atom stereocenters. The molecule has 0 spiro atoms. The van der Waals surface area contributed by atoms with E-state index in [1.165, 1.54) is 6.92 Å². The largest absolute Gasteiger partial charge is 0.358 e.